The predicted octanol–water partition coefficient (Wildman–Crippen LogP) is 3.69. The third-order valence-corrected chi connectivity index (χ3v) is 6.08. The minimum atomic E-state index is 0.983. The summed E-state index contributed by atoms with van der Waals surface area (Å²) < 4.78 is 0. The van der Waals surface area contributed by atoms with Crippen molar-refractivity contribution >= 4 is 22.7 Å². The Kier molecular flexibility index (Phi) is 4.81. The number of nitrogens with one attached hydrogen (secondary N) is 1. The standard InChI is InChI=1S/C15H21N3S2/c1-2-16-9-8-14-17-18-15(20-14)13-10-11-6-4-3-5-7-12(11)19-13/h10,16H,2-9H2,1H3. The molecule has 108 valence electrons. The maximum atomic E-state index is 4.38. The summed E-state index contributed by atoms with van der Waals surface area (Å²) in [5.41, 5.74) is 1.56. The molecule has 0 bridgehead atoms. The van der Waals surface area contributed by atoms with E-state index < -0.39 is 0 Å². The van der Waals surface area contributed by atoms with Crippen molar-refractivity contribution in [1.29, 1.82) is 0 Å². The molecule has 5 heteroatoms. The highest BCUT2D eigenvalue weighted by atomic mass is 32.1. The van der Waals surface area contributed by atoms with Crippen LogP contribution in [0.4, 0.5) is 0 Å². The quantitative estimate of drug-likeness (QED) is 0.676. The third-order valence-electron chi connectivity index (χ3n) is 3.69. The number of nitrogens with zero attached hydrogens (tertiary/aromatic N) is 2. The predicted molar refractivity (Wildman–Crippen MR) is 86.7 cm³/mol. The van der Waals surface area contributed by atoms with Crippen LogP contribution in [0.25, 0.3) is 9.88 Å². The number of aryl methyl sites for hydroxylation is 2. The van der Waals surface area contributed by atoms with Crippen molar-refractivity contribution in [2.75, 3.05) is 13.1 Å². The van der Waals surface area contributed by atoms with Crippen molar-refractivity contribution in [3.8, 4) is 9.88 Å². The van der Waals surface area contributed by atoms with Gasteiger partial charge in [0.05, 0.1) is 4.88 Å². The Morgan fingerprint density at radius 3 is 2.95 bits per heavy atom. The van der Waals surface area contributed by atoms with E-state index in [-0.39, 0.29) is 0 Å². The monoisotopic (exact) mass is 307 g/mol. The molecule has 3 nitrogen and oxygen atoms in total. The van der Waals surface area contributed by atoms with Crippen molar-refractivity contribution in [3.63, 3.8) is 0 Å². The van der Waals surface area contributed by atoms with Crippen molar-refractivity contribution in [2.24, 2.45) is 0 Å². The molecule has 20 heavy (non-hydrogen) atoms. The minimum Gasteiger partial charge on any atom is -0.317 e. The molecule has 0 saturated heterocycles. The van der Waals surface area contributed by atoms with Crippen LogP contribution >= 0.6 is 22.7 Å². The lowest BCUT2D eigenvalue weighted by Crippen LogP contribution is -2.15. The molecule has 0 spiro atoms. The normalized spacial score (nSPS) is 15.1. The van der Waals surface area contributed by atoms with Crippen LogP contribution in [0.3, 0.4) is 0 Å². The Morgan fingerprint density at radius 2 is 2.05 bits per heavy atom. The first kappa shape index (κ1) is 14.2. The van der Waals surface area contributed by atoms with Gasteiger partial charge in [-0.3, -0.25) is 0 Å². The molecule has 0 radical (unpaired) electrons. The van der Waals surface area contributed by atoms with Gasteiger partial charge in [-0.25, -0.2) is 0 Å². The lowest BCUT2D eigenvalue weighted by molar-refractivity contribution is 0.710. The van der Waals surface area contributed by atoms with Crippen LogP contribution in [0.2, 0.25) is 0 Å². The fourth-order valence-electron chi connectivity index (χ4n) is 2.60. The lowest BCUT2D eigenvalue weighted by atomic mass is 10.1. The summed E-state index contributed by atoms with van der Waals surface area (Å²) in [5.74, 6) is 0. The topological polar surface area (TPSA) is 37.8 Å². The van der Waals surface area contributed by atoms with Crippen molar-refractivity contribution in [1.82, 2.24) is 15.5 Å². The van der Waals surface area contributed by atoms with Crippen molar-refractivity contribution in [2.45, 2.75) is 45.4 Å². The van der Waals surface area contributed by atoms with Gasteiger partial charge in [0.25, 0.3) is 0 Å². The van der Waals surface area contributed by atoms with Gasteiger partial charge >= 0.3 is 0 Å². The minimum absolute atomic E-state index is 0.983. The van der Waals surface area contributed by atoms with Crippen LogP contribution < -0.4 is 5.32 Å². The second-order valence-electron chi connectivity index (χ2n) is 5.22. The molecule has 0 fully saturated rings. The Morgan fingerprint density at radius 1 is 1.15 bits per heavy atom. The molecule has 1 aliphatic carbocycles. The summed E-state index contributed by atoms with van der Waals surface area (Å²) >= 11 is 3.69. The van der Waals surface area contributed by atoms with E-state index >= 15 is 0 Å². The second-order valence-corrected chi connectivity index (χ2v) is 7.42. The number of thiophene rings is 1. The number of hydrogen-bond donors (Lipinski definition) is 1. The van der Waals surface area contributed by atoms with Crippen LogP contribution in [0, 0.1) is 0 Å². The molecule has 0 aromatic carbocycles. The van der Waals surface area contributed by atoms with Gasteiger partial charge in [-0.15, -0.1) is 21.5 Å². The van der Waals surface area contributed by atoms with E-state index in [0.717, 1.165) is 29.5 Å². The highest BCUT2D eigenvalue weighted by molar-refractivity contribution is 7.21. The maximum Gasteiger partial charge on any atom is 0.157 e. The molecular formula is C15H21N3S2. The van der Waals surface area contributed by atoms with E-state index in [1.54, 1.807) is 21.8 Å². The van der Waals surface area contributed by atoms with Crippen LogP contribution in [-0.4, -0.2) is 23.3 Å². The lowest BCUT2D eigenvalue weighted by Gasteiger charge is -1.95. The number of likely N-dealkylation sites (N-methyl/N-ethyl adjacent to an activating group) is 1. The molecular weight excluding hydrogens is 286 g/mol. The number of rotatable bonds is 5. The zero-order valence-corrected chi connectivity index (χ0v) is 13.6. The third kappa shape index (κ3) is 3.27. The highest BCUT2D eigenvalue weighted by Gasteiger charge is 2.15. The maximum absolute atomic E-state index is 4.38. The van der Waals surface area contributed by atoms with Gasteiger partial charge in [0.2, 0.25) is 0 Å². The fourth-order valence-corrected chi connectivity index (χ4v) is 4.73. The van der Waals surface area contributed by atoms with E-state index in [0.29, 0.717) is 0 Å². The van der Waals surface area contributed by atoms with Crippen LogP contribution in [-0.2, 0) is 19.3 Å². The zero-order chi connectivity index (χ0) is 13.8. The van der Waals surface area contributed by atoms with Crippen LogP contribution in [0.5, 0.6) is 0 Å². The Labute approximate surface area is 128 Å². The first-order chi connectivity index (χ1) is 9.86. The molecule has 0 amide bonds. The van der Waals surface area contributed by atoms with Gasteiger partial charge in [-0.05, 0) is 43.9 Å². The van der Waals surface area contributed by atoms with Crippen molar-refractivity contribution < 1.29 is 0 Å². The van der Waals surface area contributed by atoms with Crippen molar-refractivity contribution in [3.05, 3.63) is 21.5 Å². The molecule has 2 heterocycles. The van der Waals surface area contributed by atoms with E-state index in [9.17, 15) is 0 Å². The first-order valence-corrected chi connectivity index (χ1v) is 9.15. The molecule has 0 atom stereocenters. The van der Waals surface area contributed by atoms with E-state index in [1.807, 2.05) is 11.3 Å². The van der Waals surface area contributed by atoms with Crippen LogP contribution in [0.15, 0.2) is 6.07 Å². The Bertz CT molecular complexity index is 536. The average Bonchev–Trinajstić information content (AvgIpc) is 3.02. The summed E-state index contributed by atoms with van der Waals surface area (Å²) in [6.45, 7) is 4.14. The summed E-state index contributed by atoms with van der Waals surface area (Å²) in [4.78, 5) is 2.91. The van der Waals surface area contributed by atoms with E-state index in [2.05, 4.69) is 28.5 Å². The average molecular weight is 307 g/mol. The molecule has 3 rings (SSSR count). The highest BCUT2D eigenvalue weighted by Crippen LogP contribution is 2.36. The van der Waals surface area contributed by atoms with Gasteiger partial charge in [-0.2, -0.15) is 0 Å². The summed E-state index contributed by atoms with van der Waals surface area (Å²) in [7, 11) is 0. The number of hydrogen-bond acceptors (Lipinski definition) is 5. The number of fused-ring (bicyclic) bond motifs is 1. The Balaban J connectivity index is 1.73. The molecule has 0 aliphatic heterocycles. The summed E-state index contributed by atoms with van der Waals surface area (Å²) in [6, 6.07) is 2.36. The van der Waals surface area contributed by atoms with Gasteiger partial charge in [0, 0.05) is 17.8 Å². The van der Waals surface area contributed by atoms with Gasteiger partial charge in [0.15, 0.2) is 5.01 Å². The SMILES string of the molecule is CCNCCc1nnc(-c2cc3c(s2)CCCCC3)s1. The Hall–Kier alpha value is -0.780. The first-order valence-electron chi connectivity index (χ1n) is 7.52. The van der Waals surface area contributed by atoms with Gasteiger partial charge in [0.1, 0.15) is 5.01 Å². The largest absolute Gasteiger partial charge is 0.317 e. The van der Waals surface area contributed by atoms with Gasteiger partial charge in [-0.1, -0.05) is 24.7 Å². The zero-order valence-electron chi connectivity index (χ0n) is 11.9. The van der Waals surface area contributed by atoms with E-state index in [1.165, 1.54) is 37.0 Å². The van der Waals surface area contributed by atoms with E-state index in [4.69, 9.17) is 0 Å². The molecule has 1 aliphatic rings. The fraction of sp³-hybridized carbons (Fsp3) is 0.600. The second kappa shape index (κ2) is 6.78. The van der Waals surface area contributed by atoms with Gasteiger partial charge < -0.3 is 5.32 Å². The van der Waals surface area contributed by atoms with Crippen LogP contribution in [0.1, 0.15) is 41.6 Å². The summed E-state index contributed by atoms with van der Waals surface area (Å²) in [5, 5.41) is 14.3. The molecule has 0 saturated carbocycles. The molecule has 2 aromatic heterocycles. The molecule has 1 N–H and O–H groups in total. The smallest absolute Gasteiger partial charge is 0.157 e. The summed E-state index contributed by atoms with van der Waals surface area (Å²) in [6.07, 6.45) is 7.55. The molecule has 0 unspecified atom stereocenters. The number of aromatic nitrogens is 2. The molecule has 2 aromatic rings.